The van der Waals surface area contributed by atoms with Crippen molar-refractivity contribution >= 4 is 34.1 Å². The number of urea groups is 1. The molecular weight excluding hydrogens is 368 g/mol. The molecule has 0 unspecified atom stereocenters. The van der Waals surface area contributed by atoms with Crippen molar-refractivity contribution in [2.75, 3.05) is 10.6 Å². The molecule has 0 aliphatic carbocycles. The summed E-state index contributed by atoms with van der Waals surface area (Å²) in [7, 11) is 0. The van der Waals surface area contributed by atoms with E-state index in [2.05, 4.69) is 25.6 Å². The molecule has 0 spiro atoms. The summed E-state index contributed by atoms with van der Waals surface area (Å²) >= 11 is 0. The van der Waals surface area contributed by atoms with Gasteiger partial charge in [-0.3, -0.25) is 4.98 Å². The van der Waals surface area contributed by atoms with Crippen LogP contribution in [0.15, 0.2) is 73.3 Å². The second-order valence-electron chi connectivity index (χ2n) is 6.20. The Morgan fingerprint density at radius 1 is 0.966 bits per heavy atom. The predicted octanol–water partition coefficient (Wildman–Crippen LogP) is 3.84. The van der Waals surface area contributed by atoms with E-state index in [1.54, 1.807) is 30.9 Å². The number of hydrogen-bond acceptors (Lipinski definition) is 6. The first kappa shape index (κ1) is 18.2. The van der Waals surface area contributed by atoms with Gasteiger partial charge in [0.2, 0.25) is 0 Å². The monoisotopic (exact) mass is 386 g/mol. The van der Waals surface area contributed by atoms with Gasteiger partial charge in [-0.2, -0.15) is 0 Å². The van der Waals surface area contributed by atoms with Crippen molar-refractivity contribution in [1.82, 2.24) is 15.0 Å². The normalized spacial score (nSPS) is 10.5. The number of carbonyl (C=O) groups excluding carboxylic acids is 1. The van der Waals surface area contributed by atoms with E-state index in [1.807, 2.05) is 42.5 Å². The van der Waals surface area contributed by atoms with Crippen LogP contribution in [0, 0.1) is 0 Å². The zero-order valence-electron chi connectivity index (χ0n) is 15.4. The van der Waals surface area contributed by atoms with Gasteiger partial charge >= 0.3 is 6.03 Å². The number of primary amides is 1. The SMILES string of the molecule is NC(=O)Nc1ccc(OCc2ccnc(Nc3cnccn3)c2)c2ccccc12. The Bertz CT molecular complexity index is 1150. The number of nitrogens with zero attached hydrogens (tertiary/aromatic N) is 3. The van der Waals surface area contributed by atoms with Gasteiger partial charge in [0.1, 0.15) is 24.0 Å². The fourth-order valence-corrected chi connectivity index (χ4v) is 2.93. The van der Waals surface area contributed by atoms with Gasteiger partial charge in [-0.05, 0) is 29.8 Å². The molecule has 8 nitrogen and oxygen atoms in total. The van der Waals surface area contributed by atoms with Crippen LogP contribution in [-0.2, 0) is 6.61 Å². The largest absolute Gasteiger partial charge is 0.488 e. The van der Waals surface area contributed by atoms with Crippen molar-refractivity contribution in [2.24, 2.45) is 5.73 Å². The van der Waals surface area contributed by atoms with Crippen molar-refractivity contribution in [3.63, 3.8) is 0 Å². The number of hydrogen-bond donors (Lipinski definition) is 3. The van der Waals surface area contributed by atoms with Crippen LogP contribution in [0.5, 0.6) is 5.75 Å². The standard InChI is InChI=1S/C21H18N6O2/c22-21(28)26-17-5-6-18(16-4-2-1-3-15(16)17)29-13-14-7-8-24-19(11-14)27-20-12-23-9-10-25-20/h1-12H,13H2,(H3,22,26,28)(H,24,25,27). The number of nitrogens with two attached hydrogens (primary N) is 1. The smallest absolute Gasteiger partial charge is 0.316 e. The van der Waals surface area contributed by atoms with Crippen molar-refractivity contribution in [3.8, 4) is 5.75 Å². The fraction of sp³-hybridized carbons (Fsp3) is 0.0476. The van der Waals surface area contributed by atoms with Crippen LogP contribution in [-0.4, -0.2) is 21.0 Å². The lowest BCUT2D eigenvalue weighted by molar-refractivity contribution is 0.259. The van der Waals surface area contributed by atoms with Crippen LogP contribution in [0.3, 0.4) is 0 Å². The van der Waals surface area contributed by atoms with Gasteiger partial charge in [0.25, 0.3) is 0 Å². The molecule has 144 valence electrons. The van der Waals surface area contributed by atoms with Crippen molar-refractivity contribution in [3.05, 3.63) is 78.9 Å². The lowest BCUT2D eigenvalue weighted by atomic mass is 10.1. The highest BCUT2D eigenvalue weighted by Crippen LogP contribution is 2.32. The van der Waals surface area contributed by atoms with Crippen LogP contribution >= 0.6 is 0 Å². The van der Waals surface area contributed by atoms with Crippen LogP contribution in [0.2, 0.25) is 0 Å². The lowest BCUT2D eigenvalue weighted by Gasteiger charge is -2.13. The Hall–Kier alpha value is -4.20. The maximum absolute atomic E-state index is 11.2. The zero-order chi connectivity index (χ0) is 20.1. The number of fused-ring (bicyclic) bond motifs is 1. The van der Waals surface area contributed by atoms with E-state index in [0.29, 0.717) is 29.7 Å². The van der Waals surface area contributed by atoms with E-state index in [0.717, 1.165) is 16.3 Å². The van der Waals surface area contributed by atoms with Crippen LogP contribution in [0.25, 0.3) is 10.8 Å². The summed E-state index contributed by atoms with van der Waals surface area (Å²) in [4.78, 5) is 23.7. The number of benzene rings is 2. The molecule has 0 bridgehead atoms. The lowest BCUT2D eigenvalue weighted by Crippen LogP contribution is -2.19. The molecule has 0 radical (unpaired) electrons. The fourth-order valence-electron chi connectivity index (χ4n) is 2.93. The van der Waals surface area contributed by atoms with E-state index in [9.17, 15) is 4.79 Å². The van der Waals surface area contributed by atoms with Crippen molar-refractivity contribution in [2.45, 2.75) is 6.61 Å². The van der Waals surface area contributed by atoms with Crippen LogP contribution < -0.4 is 21.1 Å². The second-order valence-corrected chi connectivity index (χ2v) is 6.20. The number of pyridine rings is 1. The average Bonchev–Trinajstić information content (AvgIpc) is 2.74. The first-order chi connectivity index (χ1) is 14.2. The number of anilines is 3. The number of carbonyl (C=O) groups is 1. The summed E-state index contributed by atoms with van der Waals surface area (Å²) < 4.78 is 6.04. The van der Waals surface area contributed by atoms with Crippen molar-refractivity contribution in [1.29, 1.82) is 0 Å². The molecule has 4 aromatic rings. The molecule has 2 aromatic heterocycles. The Balaban J connectivity index is 1.53. The summed E-state index contributed by atoms with van der Waals surface area (Å²) in [6.45, 7) is 0.351. The molecule has 29 heavy (non-hydrogen) atoms. The third-order valence-electron chi connectivity index (χ3n) is 4.18. The molecule has 0 saturated carbocycles. The molecule has 4 rings (SSSR count). The number of nitrogens with one attached hydrogen (secondary N) is 2. The zero-order valence-corrected chi connectivity index (χ0v) is 15.4. The number of rotatable bonds is 6. The number of ether oxygens (including phenoxy) is 1. The van der Waals surface area contributed by atoms with Gasteiger partial charge in [-0.15, -0.1) is 0 Å². The summed E-state index contributed by atoms with van der Waals surface area (Å²) in [6.07, 6.45) is 6.54. The van der Waals surface area contributed by atoms with Gasteiger partial charge in [0, 0.05) is 29.4 Å². The molecule has 2 amide bonds. The Labute approximate surface area is 166 Å². The topological polar surface area (TPSA) is 115 Å². The molecule has 0 atom stereocenters. The average molecular weight is 386 g/mol. The maximum Gasteiger partial charge on any atom is 0.316 e. The number of aromatic nitrogens is 3. The van der Waals surface area contributed by atoms with Crippen molar-refractivity contribution < 1.29 is 9.53 Å². The minimum absolute atomic E-state index is 0.351. The Morgan fingerprint density at radius 3 is 2.59 bits per heavy atom. The van der Waals surface area contributed by atoms with E-state index in [1.165, 1.54) is 0 Å². The van der Waals surface area contributed by atoms with Gasteiger partial charge in [-0.25, -0.2) is 14.8 Å². The minimum Gasteiger partial charge on any atom is -0.488 e. The first-order valence-corrected chi connectivity index (χ1v) is 8.88. The van der Waals surface area contributed by atoms with E-state index < -0.39 is 6.03 Å². The molecule has 4 N–H and O–H groups in total. The van der Waals surface area contributed by atoms with Crippen LogP contribution in [0.4, 0.5) is 22.1 Å². The highest BCUT2D eigenvalue weighted by molar-refractivity contribution is 6.03. The summed E-state index contributed by atoms with van der Waals surface area (Å²) in [5.74, 6) is 1.97. The van der Waals surface area contributed by atoms with Gasteiger partial charge in [0.15, 0.2) is 0 Å². The quantitative estimate of drug-likeness (QED) is 0.464. The highest BCUT2D eigenvalue weighted by atomic mass is 16.5. The van der Waals surface area contributed by atoms with Crippen LogP contribution in [0.1, 0.15) is 5.56 Å². The first-order valence-electron chi connectivity index (χ1n) is 8.88. The molecule has 0 aliphatic rings. The second kappa shape index (κ2) is 8.22. The van der Waals surface area contributed by atoms with Gasteiger partial charge in [-0.1, -0.05) is 24.3 Å². The number of amides is 2. The highest BCUT2D eigenvalue weighted by Gasteiger charge is 2.09. The maximum atomic E-state index is 11.2. The molecular formula is C21H18N6O2. The summed E-state index contributed by atoms with van der Waals surface area (Å²) in [5, 5.41) is 7.47. The molecule has 0 saturated heterocycles. The minimum atomic E-state index is -0.608. The Morgan fingerprint density at radius 2 is 1.79 bits per heavy atom. The molecule has 0 fully saturated rings. The van der Waals surface area contributed by atoms with E-state index in [4.69, 9.17) is 10.5 Å². The molecule has 2 heterocycles. The summed E-state index contributed by atoms with van der Waals surface area (Å²) in [6, 6.07) is 14.4. The van der Waals surface area contributed by atoms with E-state index in [-0.39, 0.29) is 0 Å². The Kier molecular flexibility index (Phi) is 5.15. The molecule has 8 heteroatoms. The predicted molar refractivity (Wildman–Crippen MR) is 111 cm³/mol. The third-order valence-corrected chi connectivity index (χ3v) is 4.18. The third kappa shape index (κ3) is 4.38. The van der Waals surface area contributed by atoms with E-state index >= 15 is 0 Å². The summed E-state index contributed by atoms with van der Waals surface area (Å²) in [5.41, 5.74) is 6.83. The molecule has 2 aromatic carbocycles. The molecule has 0 aliphatic heterocycles. The van der Waals surface area contributed by atoms with Gasteiger partial charge in [0.05, 0.1) is 11.9 Å². The van der Waals surface area contributed by atoms with Gasteiger partial charge < -0.3 is 21.1 Å².